The maximum atomic E-state index is 10.7. The average molecular weight is 214 g/mol. The summed E-state index contributed by atoms with van der Waals surface area (Å²) in [5.41, 5.74) is -0.274. The first-order valence-corrected chi connectivity index (χ1v) is 3.99. The van der Waals surface area contributed by atoms with E-state index >= 15 is 0 Å². The van der Waals surface area contributed by atoms with E-state index < -0.39 is 5.97 Å². The molecule has 0 bridgehead atoms. The lowest BCUT2D eigenvalue weighted by Gasteiger charge is -1.94. The van der Waals surface area contributed by atoms with Gasteiger partial charge in [0.05, 0.1) is 10.4 Å². The lowest BCUT2D eigenvalue weighted by atomic mass is 10.2. The molecule has 0 amide bonds. The van der Waals surface area contributed by atoms with Gasteiger partial charge in [-0.25, -0.2) is 4.79 Å². The van der Waals surface area contributed by atoms with E-state index in [1.807, 2.05) is 0 Å². The fraction of sp³-hybridized carbons (Fsp3) is 0. The highest BCUT2D eigenvalue weighted by Gasteiger charge is 2.20. The number of halogens is 1. The molecule has 0 saturated carbocycles. The monoisotopic (exact) mass is 213 g/mol. The van der Waals surface area contributed by atoms with Crippen molar-refractivity contribution in [1.29, 1.82) is 0 Å². The summed E-state index contributed by atoms with van der Waals surface area (Å²) in [6, 6.07) is 2.68. The fourth-order valence-corrected chi connectivity index (χ4v) is 1.34. The van der Waals surface area contributed by atoms with Gasteiger partial charge in [-0.05, 0) is 12.1 Å². The molecule has 0 aliphatic carbocycles. The molecule has 2 rings (SSSR count). The Morgan fingerprint density at radius 1 is 1.50 bits per heavy atom. The largest absolute Gasteiger partial charge is 0.507 e. The zero-order valence-corrected chi connectivity index (χ0v) is 7.45. The van der Waals surface area contributed by atoms with Gasteiger partial charge in [0.15, 0.2) is 5.58 Å². The number of phenolic OH excluding ortho intramolecular Hbond substituents is 1. The minimum absolute atomic E-state index is 0.0185. The van der Waals surface area contributed by atoms with Crippen molar-refractivity contribution in [2.24, 2.45) is 0 Å². The third-order valence-electron chi connectivity index (χ3n) is 1.76. The molecule has 2 N–H and O–H groups in total. The summed E-state index contributed by atoms with van der Waals surface area (Å²) in [4.78, 5) is 10.7. The number of carboxylic acids is 1. The SMILES string of the molecule is O=C(O)c1noc2c(Cl)ccc(O)c12. The third-order valence-corrected chi connectivity index (χ3v) is 2.05. The van der Waals surface area contributed by atoms with Crippen LogP contribution >= 0.6 is 11.6 Å². The van der Waals surface area contributed by atoms with Crippen molar-refractivity contribution >= 4 is 28.5 Å². The normalized spacial score (nSPS) is 10.6. The van der Waals surface area contributed by atoms with Crippen LogP contribution in [0.25, 0.3) is 11.0 Å². The van der Waals surface area contributed by atoms with Crippen LogP contribution in [0.4, 0.5) is 0 Å². The van der Waals surface area contributed by atoms with Crippen LogP contribution in [0.3, 0.4) is 0 Å². The topological polar surface area (TPSA) is 83.6 Å². The summed E-state index contributed by atoms with van der Waals surface area (Å²) in [5.74, 6) is -1.50. The Morgan fingerprint density at radius 3 is 2.86 bits per heavy atom. The molecule has 1 aromatic heterocycles. The smallest absolute Gasteiger partial charge is 0.358 e. The van der Waals surface area contributed by atoms with Crippen LogP contribution in [0.15, 0.2) is 16.7 Å². The lowest BCUT2D eigenvalue weighted by molar-refractivity contribution is 0.0687. The maximum absolute atomic E-state index is 10.7. The number of nitrogens with zero attached hydrogens (tertiary/aromatic N) is 1. The van der Waals surface area contributed by atoms with Gasteiger partial charge >= 0.3 is 5.97 Å². The van der Waals surface area contributed by atoms with Crippen LogP contribution in [0.5, 0.6) is 5.75 Å². The van der Waals surface area contributed by atoms with E-state index in [0.717, 1.165) is 0 Å². The molecule has 0 fully saturated rings. The predicted octanol–water partition coefficient (Wildman–Crippen LogP) is 1.89. The van der Waals surface area contributed by atoms with Crippen molar-refractivity contribution in [1.82, 2.24) is 5.16 Å². The van der Waals surface area contributed by atoms with E-state index in [-0.39, 0.29) is 27.4 Å². The molecule has 6 heteroatoms. The number of aromatic nitrogens is 1. The second-order valence-corrected chi connectivity index (χ2v) is 3.01. The van der Waals surface area contributed by atoms with Crippen molar-refractivity contribution < 1.29 is 19.5 Å². The van der Waals surface area contributed by atoms with Crippen LogP contribution in [0.2, 0.25) is 5.02 Å². The van der Waals surface area contributed by atoms with Gasteiger partial charge in [-0.1, -0.05) is 16.8 Å². The summed E-state index contributed by atoms with van der Waals surface area (Å²) in [5, 5.41) is 21.6. The number of benzene rings is 1. The number of carboxylic acid groups (broad SMARTS) is 1. The highest BCUT2D eigenvalue weighted by molar-refractivity contribution is 6.35. The second-order valence-electron chi connectivity index (χ2n) is 2.61. The van der Waals surface area contributed by atoms with Gasteiger partial charge in [0.2, 0.25) is 5.69 Å². The van der Waals surface area contributed by atoms with Gasteiger partial charge in [0.1, 0.15) is 5.75 Å². The van der Waals surface area contributed by atoms with E-state index in [9.17, 15) is 9.90 Å². The molecular formula is C8H4ClNO4. The molecule has 1 heterocycles. The van der Waals surface area contributed by atoms with E-state index in [2.05, 4.69) is 5.16 Å². The Bertz CT molecular complexity index is 519. The van der Waals surface area contributed by atoms with Crippen molar-refractivity contribution in [2.45, 2.75) is 0 Å². The number of aromatic carboxylic acids is 1. The van der Waals surface area contributed by atoms with Gasteiger partial charge in [-0.3, -0.25) is 0 Å². The summed E-state index contributed by atoms with van der Waals surface area (Å²) in [7, 11) is 0. The van der Waals surface area contributed by atoms with Gasteiger partial charge in [0, 0.05) is 0 Å². The van der Waals surface area contributed by atoms with Gasteiger partial charge in [-0.2, -0.15) is 0 Å². The molecule has 0 spiro atoms. The van der Waals surface area contributed by atoms with E-state index in [4.69, 9.17) is 21.2 Å². The van der Waals surface area contributed by atoms with E-state index in [0.29, 0.717) is 0 Å². The number of aromatic hydroxyl groups is 1. The molecule has 0 atom stereocenters. The first-order valence-electron chi connectivity index (χ1n) is 3.61. The number of hydrogen-bond acceptors (Lipinski definition) is 4. The Morgan fingerprint density at radius 2 is 2.21 bits per heavy atom. The molecule has 14 heavy (non-hydrogen) atoms. The molecular weight excluding hydrogens is 210 g/mol. The van der Waals surface area contributed by atoms with Crippen LogP contribution in [-0.2, 0) is 0 Å². The second kappa shape index (κ2) is 2.88. The van der Waals surface area contributed by atoms with Gasteiger partial charge < -0.3 is 14.7 Å². The Labute approximate surface area is 82.5 Å². The van der Waals surface area contributed by atoms with Crippen LogP contribution < -0.4 is 0 Å². The van der Waals surface area contributed by atoms with Crippen LogP contribution in [-0.4, -0.2) is 21.3 Å². The average Bonchev–Trinajstić information content (AvgIpc) is 2.56. The van der Waals surface area contributed by atoms with E-state index in [1.165, 1.54) is 12.1 Å². The summed E-state index contributed by atoms with van der Waals surface area (Å²) in [6.45, 7) is 0. The number of phenols is 1. The molecule has 0 saturated heterocycles. The van der Waals surface area contributed by atoms with E-state index in [1.54, 1.807) is 0 Å². The summed E-state index contributed by atoms with van der Waals surface area (Å²) in [6.07, 6.45) is 0. The molecule has 1 aromatic carbocycles. The Kier molecular flexibility index (Phi) is 1.82. The molecule has 5 nitrogen and oxygen atoms in total. The number of hydrogen-bond donors (Lipinski definition) is 2. The molecule has 2 aromatic rings. The summed E-state index contributed by atoms with van der Waals surface area (Å²) >= 11 is 5.71. The third kappa shape index (κ3) is 1.10. The van der Waals surface area contributed by atoms with Crippen molar-refractivity contribution in [3.8, 4) is 5.75 Å². The zero-order valence-electron chi connectivity index (χ0n) is 6.69. The lowest BCUT2D eigenvalue weighted by Crippen LogP contribution is -1.96. The zero-order chi connectivity index (χ0) is 10.3. The van der Waals surface area contributed by atoms with Crippen LogP contribution in [0.1, 0.15) is 10.5 Å². The fourth-order valence-electron chi connectivity index (χ4n) is 1.15. The minimum atomic E-state index is -1.28. The van der Waals surface area contributed by atoms with Gasteiger partial charge in [-0.15, -0.1) is 0 Å². The highest BCUT2D eigenvalue weighted by Crippen LogP contribution is 2.32. The number of fused-ring (bicyclic) bond motifs is 1. The molecule has 0 aliphatic rings. The molecule has 0 radical (unpaired) electrons. The summed E-state index contributed by atoms with van der Waals surface area (Å²) < 4.78 is 4.70. The number of rotatable bonds is 1. The Balaban J connectivity index is 2.90. The van der Waals surface area contributed by atoms with Crippen LogP contribution in [0, 0.1) is 0 Å². The Hall–Kier alpha value is -1.75. The van der Waals surface area contributed by atoms with Crippen molar-refractivity contribution in [3.63, 3.8) is 0 Å². The minimum Gasteiger partial charge on any atom is -0.507 e. The molecule has 0 unspecified atom stereocenters. The molecule has 72 valence electrons. The van der Waals surface area contributed by atoms with Crippen molar-refractivity contribution in [2.75, 3.05) is 0 Å². The first-order chi connectivity index (χ1) is 6.61. The number of carbonyl (C=O) groups is 1. The maximum Gasteiger partial charge on any atom is 0.358 e. The quantitative estimate of drug-likeness (QED) is 0.756. The van der Waals surface area contributed by atoms with Crippen molar-refractivity contribution in [3.05, 3.63) is 22.8 Å². The van der Waals surface area contributed by atoms with Gasteiger partial charge in [0.25, 0.3) is 0 Å². The first kappa shape index (κ1) is 8.83. The highest BCUT2D eigenvalue weighted by atomic mass is 35.5. The standard InChI is InChI=1S/C8H4ClNO4/c9-3-1-2-4(11)5-6(8(12)13)10-14-7(3)5/h1-2,11H,(H,12,13). The molecule has 0 aliphatic heterocycles. The predicted molar refractivity (Wildman–Crippen MR) is 47.6 cm³/mol.